The fourth-order valence-electron chi connectivity index (χ4n) is 1.70. The molecule has 9 heteroatoms. The molecule has 0 aromatic carbocycles. The van der Waals surface area contributed by atoms with Crippen molar-refractivity contribution in [3.05, 3.63) is 0 Å². The Balaban J connectivity index is 0. The van der Waals surface area contributed by atoms with Crippen LogP contribution in [0.5, 0.6) is 0 Å². The SMILES string of the molecule is CCCCCCOS(=O)(=O)C(CC(=O)OCC)C(=O)OCC.[KH]. The number of esters is 2. The first-order valence-corrected chi connectivity index (χ1v) is 9.06. The minimum absolute atomic E-state index is 0. The number of carbonyl (C=O) groups excluding carboxylic acids is 2. The van der Waals surface area contributed by atoms with E-state index >= 15 is 0 Å². The molecule has 0 bridgehead atoms. The summed E-state index contributed by atoms with van der Waals surface area (Å²) in [5, 5.41) is -1.68. The van der Waals surface area contributed by atoms with E-state index in [9.17, 15) is 18.0 Å². The van der Waals surface area contributed by atoms with Gasteiger partial charge in [0.25, 0.3) is 10.1 Å². The number of hydrogen-bond acceptors (Lipinski definition) is 7. The molecule has 0 N–H and O–H groups in total. The van der Waals surface area contributed by atoms with Gasteiger partial charge in [-0.1, -0.05) is 26.2 Å². The molecule has 7 nitrogen and oxygen atoms in total. The van der Waals surface area contributed by atoms with E-state index in [1.165, 1.54) is 0 Å². The predicted molar refractivity (Wildman–Crippen MR) is 87.8 cm³/mol. The van der Waals surface area contributed by atoms with E-state index in [1.54, 1.807) is 13.8 Å². The Hall–Kier alpha value is 0.486. The Morgan fingerprint density at radius 2 is 1.57 bits per heavy atom. The third-order valence-electron chi connectivity index (χ3n) is 2.80. The summed E-state index contributed by atoms with van der Waals surface area (Å²) in [6, 6.07) is 0. The van der Waals surface area contributed by atoms with Crippen LogP contribution < -0.4 is 0 Å². The maximum absolute atomic E-state index is 12.1. The van der Waals surface area contributed by atoms with Crippen molar-refractivity contribution in [1.82, 2.24) is 0 Å². The first kappa shape index (κ1) is 25.7. The Kier molecular flexibility index (Phi) is 16.6. The summed E-state index contributed by atoms with van der Waals surface area (Å²) in [4.78, 5) is 23.2. The van der Waals surface area contributed by atoms with Crippen LogP contribution in [0.25, 0.3) is 0 Å². The van der Waals surface area contributed by atoms with Gasteiger partial charge in [-0.05, 0) is 20.3 Å². The van der Waals surface area contributed by atoms with Crippen LogP contribution in [-0.2, 0) is 33.4 Å². The van der Waals surface area contributed by atoms with Gasteiger partial charge >= 0.3 is 63.3 Å². The molecule has 0 rings (SSSR count). The molecular formula is C14H27KO7S. The van der Waals surface area contributed by atoms with Crippen molar-refractivity contribution in [2.24, 2.45) is 0 Å². The number of rotatable bonds is 12. The van der Waals surface area contributed by atoms with Crippen molar-refractivity contribution >= 4 is 73.4 Å². The van der Waals surface area contributed by atoms with Crippen molar-refractivity contribution in [1.29, 1.82) is 0 Å². The van der Waals surface area contributed by atoms with Crippen LogP contribution in [-0.4, -0.2) is 96.8 Å². The topological polar surface area (TPSA) is 96.0 Å². The summed E-state index contributed by atoms with van der Waals surface area (Å²) < 4.78 is 38.4. The minimum atomic E-state index is -4.22. The summed E-state index contributed by atoms with van der Waals surface area (Å²) in [6.07, 6.45) is 2.80. The van der Waals surface area contributed by atoms with Gasteiger partial charge in [-0.3, -0.25) is 13.8 Å². The van der Waals surface area contributed by atoms with Gasteiger partial charge in [-0.15, -0.1) is 0 Å². The van der Waals surface area contributed by atoms with Crippen LogP contribution >= 0.6 is 0 Å². The third kappa shape index (κ3) is 11.6. The molecule has 1 atom stereocenters. The molecule has 0 amide bonds. The van der Waals surface area contributed by atoms with Crippen molar-refractivity contribution in [3.63, 3.8) is 0 Å². The van der Waals surface area contributed by atoms with E-state index in [0.29, 0.717) is 6.42 Å². The number of hydrogen-bond donors (Lipinski definition) is 0. The van der Waals surface area contributed by atoms with Crippen LogP contribution in [0, 0.1) is 0 Å². The molecule has 0 heterocycles. The van der Waals surface area contributed by atoms with Crippen LogP contribution in [0.2, 0.25) is 0 Å². The zero-order chi connectivity index (χ0) is 17.0. The molecule has 0 aliphatic rings. The second kappa shape index (κ2) is 14.8. The van der Waals surface area contributed by atoms with Gasteiger partial charge in [0.1, 0.15) is 0 Å². The summed E-state index contributed by atoms with van der Waals surface area (Å²) in [5.41, 5.74) is 0. The Labute approximate surface area is 181 Å². The van der Waals surface area contributed by atoms with Crippen LogP contribution in [0.1, 0.15) is 52.9 Å². The van der Waals surface area contributed by atoms with Gasteiger partial charge in [-0.2, -0.15) is 8.42 Å². The average Bonchev–Trinajstić information content (AvgIpc) is 2.45. The zero-order valence-corrected chi connectivity index (χ0v) is 14.3. The van der Waals surface area contributed by atoms with E-state index in [-0.39, 0.29) is 71.2 Å². The first-order valence-electron chi connectivity index (χ1n) is 7.59. The van der Waals surface area contributed by atoms with Crippen LogP contribution in [0.4, 0.5) is 0 Å². The van der Waals surface area contributed by atoms with E-state index < -0.39 is 33.7 Å². The second-order valence-corrected chi connectivity index (χ2v) is 6.42. The van der Waals surface area contributed by atoms with E-state index in [1.807, 2.05) is 6.92 Å². The van der Waals surface area contributed by atoms with Gasteiger partial charge in [0, 0.05) is 0 Å². The number of ether oxygens (including phenoxy) is 2. The molecule has 0 aromatic rings. The molecular weight excluding hydrogens is 351 g/mol. The van der Waals surface area contributed by atoms with Gasteiger partial charge in [0.2, 0.25) is 0 Å². The Morgan fingerprint density at radius 1 is 0.957 bits per heavy atom. The second-order valence-electron chi connectivity index (χ2n) is 4.63. The van der Waals surface area contributed by atoms with Crippen LogP contribution in [0.15, 0.2) is 0 Å². The van der Waals surface area contributed by atoms with Crippen LogP contribution in [0.3, 0.4) is 0 Å². The van der Waals surface area contributed by atoms with Gasteiger partial charge < -0.3 is 9.47 Å². The van der Waals surface area contributed by atoms with E-state index in [4.69, 9.17) is 8.92 Å². The average molecular weight is 379 g/mol. The van der Waals surface area contributed by atoms with Crippen molar-refractivity contribution in [3.8, 4) is 0 Å². The molecule has 0 fully saturated rings. The Morgan fingerprint density at radius 3 is 2.09 bits per heavy atom. The fraction of sp³-hybridized carbons (Fsp3) is 0.857. The molecule has 0 saturated heterocycles. The molecule has 23 heavy (non-hydrogen) atoms. The third-order valence-corrected chi connectivity index (χ3v) is 4.35. The molecule has 0 aromatic heterocycles. The standard InChI is InChI=1S/C14H26O7S.K.H/c1-4-7-8-9-10-21-22(17,18)12(14(16)20-6-3)11-13(15)19-5-2;;/h12H,4-11H2,1-3H3;;. The molecule has 0 radical (unpaired) electrons. The molecule has 1 unspecified atom stereocenters. The van der Waals surface area contributed by atoms with Gasteiger partial charge in [0.15, 0.2) is 5.25 Å². The molecule has 0 aliphatic heterocycles. The molecule has 132 valence electrons. The van der Waals surface area contributed by atoms with Gasteiger partial charge in [-0.25, -0.2) is 0 Å². The summed E-state index contributed by atoms with van der Waals surface area (Å²) in [5.74, 6) is -1.78. The molecule has 0 saturated carbocycles. The first-order chi connectivity index (χ1) is 10.4. The van der Waals surface area contributed by atoms with E-state index in [0.717, 1.165) is 19.3 Å². The number of carbonyl (C=O) groups is 2. The summed E-state index contributed by atoms with van der Waals surface area (Å²) in [6.45, 7) is 5.29. The zero-order valence-electron chi connectivity index (χ0n) is 13.5. The normalized spacial score (nSPS) is 12.1. The van der Waals surface area contributed by atoms with Crippen molar-refractivity contribution in [2.75, 3.05) is 19.8 Å². The summed E-state index contributed by atoms with van der Waals surface area (Å²) >= 11 is 0. The fourth-order valence-corrected chi connectivity index (χ4v) is 2.85. The van der Waals surface area contributed by atoms with E-state index in [2.05, 4.69) is 4.74 Å². The molecule has 0 spiro atoms. The maximum atomic E-state index is 12.1. The van der Waals surface area contributed by atoms with Crippen molar-refractivity contribution in [2.45, 2.75) is 58.1 Å². The monoisotopic (exact) mass is 378 g/mol. The number of unbranched alkanes of at least 4 members (excludes halogenated alkanes) is 3. The summed E-state index contributed by atoms with van der Waals surface area (Å²) in [7, 11) is -4.22. The van der Waals surface area contributed by atoms with Crippen molar-refractivity contribution < 1.29 is 31.7 Å². The predicted octanol–water partition coefficient (Wildman–Crippen LogP) is 1.15. The van der Waals surface area contributed by atoms with Gasteiger partial charge in [0.05, 0.1) is 26.2 Å². The molecule has 0 aliphatic carbocycles. The Bertz CT molecular complexity index is 436. The quantitative estimate of drug-likeness (QED) is 0.217.